The largest absolute Gasteiger partial charge is 0.493 e. The summed E-state index contributed by atoms with van der Waals surface area (Å²) in [4.78, 5) is 4.33. The molecule has 0 unspecified atom stereocenters. The van der Waals surface area contributed by atoms with Gasteiger partial charge in [0.2, 0.25) is 0 Å². The van der Waals surface area contributed by atoms with Gasteiger partial charge in [0.1, 0.15) is 0 Å². The Morgan fingerprint density at radius 1 is 1.00 bits per heavy atom. The second kappa shape index (κ2) is 9.39. The molecule has 0 aliphatic carbocycles. The van der Waals surface area contributed by atoms with Crippen molar-refractivity contribution in [1.29, 1.82) is 0 Å². The van der Waals surface area contributed by atoms with Crippen LogP contribution in [-0.4, -0.2) is 26.7 Å². The number of guanidine groups is 1. The molecule has 0 aromatic heterocycles. The fourth-order valence-electron chi connectivity index (χ4n) is 2.30. The monoisotopic (exact) mass is 381 g/mol. The number of nitrogens with one attached hydrogen (secondary N) is 1. The molecule has 0 saturated carbocycles. The second-order valence-corrected chi connectivity index (χ2v) is 6.22. The van der Waals surface area contributed by atoms with Crippen LogP contribution in [0.5, 0.6) is 11.5 Å². The number of ether oxygens (including phenoxy) is 2. The van der Waals surface area contributed by atoms with E-state index in [-0.39, 0.29) is 0 Å². The van der Waals surface area contributed by atoms with Gasteiger partial charge in [0.25, 0.3) is 0 Å². The molecule has 5 nitrogen and oxygen atoms in total. The van der Waals surface area contributed by atoms with Crippen LogP contribution in [-0.2, 0) is 13.0 Å². The van der Waals surface area contributed by atoms with Gasteiger partial charge in [-0.1, -0.05) is 29.3 Å². The van der Waals surface area contributed by atoms with Crippen LogP contribution in [0.15, 0.2) is 41.4 Å². The summed E-state index contributed by atoms with van der Waals surface area (Å²) < 4.78 is 10.5. The van der Waals surface area contributed by atoms with Crippen molar-refractivity contribution >= 4 is 29.2 Å². The first-order chi connectivity index (χ1) is 12.0. The van der Waals surface area contributed by atoms with Crippen molar-refractivity contribution in [2.75, 3.05) is 20.8 Å². The third kappa shape index (κ3) is 6.03. The number of nitrogens with zero attached hydrogens (tertiary/aromatic N) is 1. The highest BCUT2D eigenvalue weighted by atomic mass is 35.5. The van der Waals surface area contributed by atoms with Gasteiger partial charge in [-0.25, -0.2) is 4.99 Å². The van der Waals surface area contributed by atoms with Crippen molar-refractivity contribution in [3.8, 4) is 11.5 Å². The summed E-state index contributed by atoms with van der Waals surface area (Å²) in [6.07, 6.45) is 0.743. The van der Waals surface area contributed by atoms with Crippen molar-refractivity contribution in [3.05, 3.63) is 57.6 Å². The van der Waals surface area contributed by atoms with E-state index in [9.17, 15) is 0 Å². The molecule has 0 amide bonds. The van der Waals surface area contributed by atoms with E-state index in [1.807, 2.05) is 30.3 Å². The highest BCUT2D eigenvalue weighted by molar-refractivity contribution is 6.34. The van der Waals surface area contributed by atoms with Gasteiger partial charge in [-0.15, -0.1) is 0 Å². The molecule has 25 heavy (non-hydrogen) atoms. The van der Waals surface area contributed by atoms with Gasteiger partial charge >= 0.3 is 0 Å². The molecule has 2 aromatic carbocycles. The summed E-state index contributed by atoms with van der Waals surface area (Å²) >= 11 is 12.0. The summed E-state index contributed by atoms with van der Waals surface area (Å²) in [5, 5.41) is 4.32. The van der Waals surface area contributed by atoms with E-state index in [0.717, 1.165) is 17.5 Å². The lowest BCUT2D eigenvalue weighted by Crippen LogP contribution is -2.33. The Balaban J connectivity index is 1.87. The van der Waals surface area contributed by atoms with Crippen molar-refractivity contribution in [2.24, 2.45) is 10.7 Å². The Labute approximate surface area is 157 Å². The second-order valence-electron chi connectivity index (χ2n) is 5.35. The summed E-state index contributed by atoms with van der Waals surface area (Å²) in [5.74, 6) is 1.73. The van der Waals surface area contributed by atoms with E-state index in [1.165, 1.54) is 0 Å². The van der Waals surface area contributed by atoms with Crippen molar-refractivity contribution in [1.82, 2.24) is 5.32 Å². The number of methoxy groups -OCH3 is 2. The lowest BCUT2D eigenvalue weighted by atomic mass is 10.1. The van der Waals surface area contributed by atoms with Gasteiger partial charge in [-0.3, -0.25) is 0 Å². The number of benzene rings is 2. The van der Waals surface area contributed by atoms with E-state index in [2.05, 4.69) is 10.3 Å². The van der Waals surface area contributed by atoms with Gasteiger partial charge in [0, 0.05) is 16.6 Å². The molecule has 0 aliphatic rings. The van der Waals surface area contributed by atoms with E-state index in [1.54, 1.807) is 20.3 Å². The Morgan fingerprint density at radius 3 is 2.32 bits per heavy atom. The van der Waals surface area contributed by atoms with Crippen LogP contribution in [0.2, 0.25) is 10.0 Å². The zero-order chi connectivity index (χ0) is 18.2. The molecule has 2 rings (SSSR count). The Hall–Kier alpha value is -2.11. The molecule has 0 heterocycles. The maximum atomic E-state index is 5.98. The first kappa shape index (κ1) is 19.2. The van der Waals surface area contributed by atoms with Gasteiger partial charge in [0.15, 0.2) is 17.5 Å². The van der Waals surface area contributed by atoms with Crippen LogP contribution >= 0.6 is 23.2 Å². The molecule has 0 atom stereocenters. The van der Waals surface area contributed by atoms with Crippen LogP contribution in [0.25, 0.3) is 0 Å². The fraction of sp³-hybridized carbons (Fsp3) is 0.278. The van der Waals surface area contributed by atoms with E-state index < -0.39 is 0 Å². The minimum absolute atomic E-state index is 0.378. The van der Waals surface area contributed by atoms with Crippen LogP contribution in [0.1, 0.15) is 11.1 Å². The summed E-state index contributed by atoms with van der Waals surface area (Å²) in [6, 6.07) is 11.1. The minimum atomic E-state index is 0.378. The average Bonchev–Trinajstić information content (AvgIpc) is 2.58. The van der Waals surface area contributed by atoms with Gasteiger partial charge < -0.3 is 20.5 Å². The quantitative estimate of drug-likeness (QED) is 0.567. The SMILES string of the molecule is COc1ccc(CN=C(N)NCCc2cc(Cl)cc(Cl)c2)cc1OC. The zero-order valence-electron chi connectivity index (χ0n) is 14.2. The average molecular weight is 382 g/mol. The molecule has 3 N–H and O–H groups in total. The van der Waals surface area contributed by atoms with Crippen LogP contribution in [0, 0.1) is 0 Å². The Morgan fingerprint density at radius 2 is 1.68 bits per heavy atom. The highest BCUT2D eigenvalue weighted by Gasteiger charge is 2.04. The molecule has 0 fully saturated rings. The van der Waals surface area contributed by atoms with Crippen LogP contribution in [0.4, 0.5) is 0 Å². The number of halogens is 2. The highest BCUT2D eigenvalue weighted by Crippen LogP contribution is 2.27. The molecule has 134 valence electrons. The lowest BCUT2D eigenvalue weighted by molar-refractivity contribution is 0.354. The fourth-order valence-corrected chi connectivity index (χ4v) is 2.87. The maximum Gasteiger partial charge on any atom is 0.188 e. The van der Waals surface area contributed by atoms with E-state index >= 15 is 0 Å². The molecule has 7 heteroatoms. The summed E-state index contributed by atoms with van der Waals surface area (Å²) in [7, 11) is 3.20. The van der Waals surface area contributed by atoms with Gasteiger partial charge in [-0.05, 0) is 47.9 Å². The van der Waals surface area contributed by atoms with Crippen molar-refractivity contribution in [2.45, 2.75) is 13.0 Å². The Bertz CT molecular complexity index is 731. The first-order valence-corrected chi connectivity index (χ1v) is 8.47. The molecule has 0 saturated heterocycles. The number of nitrogens with two attached hydrogens (primary N) is 1. The van der Waals surface area contributed by atoms with Crippen molar-refractivity contribution < 1.29 is 9.47 Å². The summed E-state index contributed by atoms with van der Waals surface area (Å²) in [5.41, 5.74) is 7.92. The third-order valence-corrected chi connectivity index (χ3v) is 3.96. The third-order valence-electron chi connectivity index (χ3n) is 3.52. The zero-order valence-corrected chi connectivity index (χ0v) is 15.7. The first-order valence-electron chi connectivity index (χ1n) is 7.71. The molecule has 0 aliphatic heterocycles. The summed E-state index contributed by atoms with van der Waals surface area (Å²) in [6.45, 7) is 1.08. The smallest absolute Gasteiger partial charge is 0.188 e. The van der Waals surface area contributed by atoms with E-state index in [0.29, 0.717) is 40.6 Å². The minimum Gasteiger partial charge on any atom is -0.493 e. The molecular formula is C18H21Cl2N3O2. The molecule has 0 bridgehead atoms. The van der Waals surface area contributed by atoms with Crippen LogP contribution in [0.3, 0.4) is 0 Å². The standard InChI is InChI=1S/C18H21Cl2N3O2/c1-24-16-4-3-13(9-17(16)25-2)11-23-18(21)22-6-5-12-7-14(19)10-15(20)8-12/h3-4,7-10H,5-6,11H2,1-2H3,(H3,21,22,23). The van der Waals surface area contributed by atoms with Gasteiger partial charge in [-0.2, -0.15) is 0 Å². The van der Waals surface area contributed by atoms with Crippen LogP contribution < -0.4 is 20.5 Å². The number of hydrogen-bond acceptors (Lipinski definition) is 3. The van der Waals surface area contributed by atoms with Crippen molar-refractivity contribution in [3.63, 3.8) is 0 Å². The van der Waals surface area contributed by atoms with Gasteiger partial charge in [0.05, 0.1) is 20.8 Å². The molecule has 2 aromatic rings. The molecule has 0 radical (unpaired) electrons. The normalized spacial score (nSPS) is 11.3. The topological polar surface area (TPSA) is 68.9 Å². The maximum absolute atomic E-state index is 5.98. The molecule has 0 spiro atoms. The lowest BCUT2D eigenvalue weighted by Gasteiger charge is -2.09. The number of hydrogen-bond donors (Lipinski definition) is 2. The molecular weight excluding hydrogens is 361 g/mol. The predicted octanol–water partition coefficient (Wildman–Crippen LogP) is 3.66. The number of rotatable bonds is 7. The Kier molecular flexibility index (Phi) is 7.22. The predicted molar refractivity (Wildman–Crippen MR) is 103 cm³/mol. The van der Waals surface area contributed by atoms with E-state index in [4.69, 9.17) is 38.4 Å². The number of aliphatic imine (C=N–C) groups is 1.